The van der Waals surface area contributed by atoms with E-state index in [0.717, 1.165) is 0 Å². The molecular formula is C5H10N4. The standard InChI is InChI=1S/C5H10N4/c1-5(4-6)9-3-2-7-8-9/h2-3,5H,4,6H2,1H3. The summed E-state index contributed by atoms with van der Waals surface area (Å²) in [5.74, 6) is 0. The Morgan fingerprint density at radius 1 is 1.78 bits per heavy atom. The van der Waals surface area contributed by atoms with Gasteiger partial charge in [-0.3, -0.25) is 0 Å². The first-order chi connectivity index (χ1) is 4.34. The fraction of sp³-hybridized carbons (Fsp3) is 0.600. The van der Waals surface area contributed by atoms with E-state index in [1.54, 1.807) is 17.1 Å². The van der Waals surface area contributed by atoms with Gasteiger partial charge in [0.25, 0.3) is 0 Å². The molecule has 1 rings (SSSR count). The topological polar surface area (TPSA) is 56.7 Å². The highest BCUT2D eigenvalue weighted by Crippen LogP contribution is 1.96. The molecule has 0 bridgehead atoms. The molecular weight excluding hydrogens is 116 g/mol. The smallest absolute Gasteiger partial charge is 0.0693 e. The van der Waals surface area contributed by atoms with Crippen LogP contribution >= 0.6 is 0 Å². The highest BCUT2D eigenvalue weighted by Gasteiger charge is 1.99. The number of aromatic nitrogens is 3. The van der Waals surface area contributed by atoms with Crippen LogP contribution in [0.4, 0.5) is 0 Å². The lowest BCUT2D eigenvalue weighted by Crippen LogP contribution is -2.16. The lowest BCUT2D eigenvalue weighted by molar-refractivity contribution is 0.485. The van der Waals surface area contributed by atoms with Crippen LogP contribution in [-0.4, -0.2) is 21.5 Å². The molecule has 0 aliphatic carbocycles. The van der Waals surface area contributed by atoms with Crippen LogP contribution in [0.2, 0.25) is 0 Å². The van der Waals surface area contributed by atoms with Crippen LogP contribution in [0.3, 0.4) is 0 Å². The first-order valence-electron chi connectivity index (χ1n) is 2.90. The van der Waals surface area contributed by atoms with Gasteiger partial charge in [-0.15, -0.1) is 5.10 Å². The molecule has 1 aromatic heterocycles. The molecule has 1 aromatic rings. The highest BCUT2D eigenvalue weighted by molar-refractivity contribution is 4.69. The minimum absolute atomic E-state index is 0.257. The summed E-state index contributed by atoms with van der Waals surface area (Å²) in [6, 6.07) is 0.257. The Hall–Kier alpha value is -0.900. The second-order valence-corrected chi connectivity index (χ2v) is 1.97. The number of nitrogens with two attached hydrogens (primary N) is 1. The van der Waals surface area contributed by atoms with Crippen molar-refractivity contribution in [3.8, 4) is 0 Å². The SMILES string of the molecule is CC(CN)n1ccnn1. The molecule has 0 saturated carbocycles. The molecule has 0 saturated heterocycles. The monoisotopic (exact) mass is 126 g/mol. The Kier molecular flexibility index (Phi) is 1.79. The van der Waals surface area contributed by atoms with Crippen molar-refractivity contribution in [1.82, 2.24) is 15.0 Å². The fourth-order valence-corrected chi connectivity index (χ4v) is 0.560. The van der Waals surface area contributed by atoms with Crippen molar-refractivity contribution in [3.63, 3.8) is 0 Å². The highest BCUT2D eigenvalue weighted by atomic mass is 15.4. The summed E-state index contributed by atoms with van der Waals surface area (Å²) >= 11 is 0. The predicted molar refractivity (Wildman–Crippen MR) is 33.8 cm³/mol. The van der Waals surface area contributed by atoms with Crippen LogP contribution in [0.15, 0.2) is 12.4 Å². The number of rotatable bonds is 2. The van der Waals surface area contributed by atoms with E-state index in [4.69, 9.17) is 5.73 Å². The molecule has 4 nitrogen and oxygen atoms in total. The molecule has 0 fully saturated rings. The molecule has 0 aliphatic heterocycles. The van der Waals surface area contributed by atoms with E-state index in [9.17, 15) is 0 Å². The molecule has 0 spiro atoms. The molecule has 50 valence electrons. The van der Waals surface area contributed by atoms with Gasteiger partial charge in [-0.2, -0.15) is 0 Å². The average Bonchev–Trinajstić information content (AvgIpc) is 2.37. The van der Waals surface area contributed by atoms with E-state index in [-0.39, 0.29) is 6.04 Å². The number of hydrogen-bond donors (Lipinski definition) is 1. The van der Waals surface area contributed by atoms with Crippen LogP contribution in [0.1, 0.15) is 13.0 Å². The van der Waals surface area contributed by atoms with Gasteiger partial charge in [0.2, 0.25) is 0 Å². The van der Waals surface area contributed by atoms with E-state index < -0.39 is 0 Å². The minimum atomic E-state index is 0.257. The van der Waals surface area contributed by atoms with E-state index >= 15 is 0 Å². The van der Waals surface area contributed by atoms with Crippen molar-refractivity contribution < 1.29 is 0 Å². The summed E-state index contributed by atoms with van der Waals surface area (Å²) < 4.78 is 1.74. The van der Waals surface area contributed by atoms with Crippen molar-refractivity contribution in [2.75, 3.05) is 6.54 Å². The van der Waals surface area contributed by atoms with E-state index in [1.165, 1.54) is 0 Å². The molecule has 1 heterocycles. The summed E-state index contributed by atoms with van der Waals surface area (Å²) in [5, 5.41) is 7.42. The molecule has 0 aliphatic rings. The van der Waals surface area contributed by atoms with Crippen LogP contribution in [-0.2, 0) is 0 Å². The normalized spacial score (nSPS) is 13.6. The van der Waals surface area contributed by atoms with Crippen LogP contribution < -0.4 is 5.73 Å². The maximum atomic E-state index is 5.37. The lowest BCUT2D eigenvalue weighted by atomic mass is 10.4. The Morgan fingerprint density at radius 3 is 3.00 bits per heavy atom. The molecule has 2 N–H and O–H groups in total. The van der Waals surface area contributed by atoms with Crippen LogP contribution in [0, 0.1) is 0 Å². The minimum Gasteiger partial charge on any atom is -0.328 e. The number of hydrogen-bond acceptors (Lipinski definition) is 3. The van der Waals surface area contributed by atoms with Gasteiger partial charge < -0.3 is 5.73 Å². The Labute approximate surface area is 53.7 Å². The van der Waals surface area contributed by atoms with Crippen LogP contribution in [0.25, 0.3) is 0 Å². The number of nitrogens with zero attached hydrogens (tertiary/aromatic N) is 3. The molecule has 0 aromatic carbocycles. The van der Waals surface area contributed by atoms with Crippen molar-refractivity contribution in [1.29, 1.82) is 0 Å². The fourth-order valence-electron chi connectivity index (χ4n) is 0.560. The van der Waals surface area contributed by atoms with Gasteiger partial charge in [0.1, 0.15) is 0 Å². The second-order valence-electron chi connectivity index (χ2n) is 1.97. The lowest BCUT2D eigenvalue weighted by Gasteiger charge is -2.05. The summed E-state index contributed by atoms with van der Waals surface area (Å²) in [6.07, 6.45) is 3.45. The zero-order chi connectivity index (χ0) is 6.69. The molecule has 0 amide bonds. The van der Waals surface area contributed by atoms with Gasteiger partial charge in [0.05, 0.1) is 12.2 Å². The van der Waals surface area contributed by atoms with Crippen LogP contribution in [0.5, 0.6) is 0 Å². The first kappa shape index (κ1) is 6.22. The van der Waals surface area contributed by atoms with E-state index in [2.05, 4.69) is 10.3 Å². The summed E-state index contributed by atoms with van der Waals surface area (Å²) in [7, 11) is 0. The molecule has 4 heteroatoms. The third-order valence-electron chi connectivity index (χ3n) is 1.23. The van der Waals surface area contributed by atoms with Crippen molar-refractivity contribution in [2.24, 2.45) is 5.73 Å². The molecule has 1 unspecified atom stereocenters. The van der Waals surface area contributed by atoms with Gasteiger partial charge >= 0.3 is 0 Å². The van der Waals surface area contributed by atoms with Crippen molar-refractivity contribution in [3.05, 3.63) is 12.4 Å². The zero-order valence-electron chi connectivity index (χ0n) is 5.36. The van der Waals surface area contributed by atoms with E-state index in [0.29, 0.717) is 6.54 Å². The molecule has 9 heavy (non-hydrogen) atoms. The van der Waals surface area contributed by atoms with Gasteiger partial charge in [-0.25, -0.2) is 4.68 Å². The average molecular weight is 126 g/mol. The quantitative estimate of drug-likeness (QED) is 0.597. The summed E-state index contributed by atoms with van der Waals surface area (Å²) in [5.41, 5.74) is 5.37. The maximum Gasteiger partial charge on any atom is 0.0693 e. The Morgan fingerprint density at radius 2 is 2.56 bits per heavy atom. The first-order valence-corrected chi connectivity index (χ1v) is 2.90. The van der Waals surface area contributed by atoms with Gasteiger partial charge in [-0.1, -0.05) is 5.21 Å². The van der Waals surface area contributed by atoms with E-state index in [1.807, 2.05) is 6.92 Å². The third kappa shape index (κ3) is 1.26. The molecule has 0 radical (unpaired) electrons. The largest absolute Gasteiger partial charge is 0.328 e. The maximum absolute atomic E-state index is 5.37. The van der Waals surface area contributed by atoms with Crippen molar-refractivity contribution in [2.45, 2.75) is 13.0 Å². The Balaban J connectivity index is 2.65. The summed E-state index contributed by atoms with van der Waals surface area (Å²) in [4.78, 5) is 0. The van der Waals surface area contributed by atoms with Gasteiger partial charge in [0, 0.05) is 12.7 Å². The summed E-state index contributed by atoms with van der Waals surface area (Å²) in [6.45, 7) is 2.60. The predicted octanol–water partition coefficient (Wildman–Crippen LogP) is -0.202. The second kappa shape index (κ2) is 2.59. The Bertz CT molecular complexity index is 157. The van der Waals surface area contributed by atoms with Gasteiger partial charge in [-0.05, 0) is 6.92 Å². The zero-order valence-corrected chi connectivity index (χ0v) is 5.36. The van der Waals surface area contributed by atoms with Gasteiger partial charge in [0.15, 0.2) is 0 Å². The molecule has 1 atom stereocenters. The van der Waals surface area contributed by atoms with Crippen molar-refractivity contribution >= 4 is 0 Å². The third-order valence-corrected chi connectivity index (χ3v) is 1.23.